The van der Waals surface area contributed by atoms with E-state index in [1.54, 1.807) is 19.1 Å². The Balaban J connectivity index is 2.70. The molecular formula is C17H23FN2O2. The second kappa shape index (κ2) is 5.78. The van der Waals surface area contributed by atoms with Crippen LogP contribution in [-0.2, 0) is 15.6 Å². The van der Waals surface area contributed by atoms with E-state index >= 15 is 0 Å². The molecule has 0 heterocycles. The number of hydrogen-bond donors (Lipinski definition) is 0. The summed E-state index contributed by atoms with van der Waals surface area (Å²) in [6.07, 6.45) is 2.05. The third kappa shape index (κ3) is 2.89. The summed E-state index contributed by atoms with van der Waals surface area (Å²) in [4.78, 5) is 12.2. The van der Waals surface area contributed by atoms with Crippen LogP contribution >= 0.6 is 0 Å². The molecule has 0 atom stereocenters. The van der Waals surface area contributed by atoms with Gasteiger partial charge in [-0.25, -0.2) is 4.79 Å². The van der Waals surface area contributed by atoms with Crippen LogP contribution < -0.4 is 0 Å². The van der Waals surface area contributed by atoms with Crippen molar-refractivity contribution in [3.8, 4) is 0 Å². The van der Waals surface area contributed by atoms with E-state index in [1.807, 2.05) is 0 Å². The molecule has 0 aliphatic heterocycles. The van der Waals surface area contributed by atoms with Gasteiger partial charge in [0.2, 0.25) is 0 Å². The van der Waals surface area contributed by atoms with Crippen LogP contribution in [0.4, 0.5) is 10.2 Å². The Morgan fingerprint density at radius 1 is 1.18 bits per heavy atom. The normalized spacial score (nSPS) is 19.0. The highest BCUT2D eigenvalue weighted by atomic mass is 19.2. The van der Waals surface area contributed by atoms with Crippen LogP contribution in [0.5, 0.6) is 0 Å². The standard InChI is InChI=1S/C17H23FN2O2/c1-6-22-15(21)11-9-12-13(10-14(11)19-20-18)17(4,5)8-7-16(12,2)3/h9-10H,6-8H2,1-5H3. The van der Waals surface area contributed by atoms with Gasteiger partial charge in [0.15, 0.2) is 0 Å². The van der Waals surface area contributed by atoms with Gasteiger partial charge in [-0.05, 0) is 53.9 Å². The minimum atomic E-state index is -0.494. The van der Waals surface area contributed by atoms with E-state index in [-0.39, 0.29) is 28.7 Å². The number of carbonyl (C=O) groups excluding carboxylic acids is 1. The number of halogens is 1. The molecule has 1 aliphatic carbocycles. The molecule has 0 bridgehead atoms. The average molecular weight is 306 g/mol. The molecule has 0 spiro atoms. The lowest BCUT2D eigenvalue weighted by Crippen LogP contribution is -2.34. The number of ether oxygens (including phenoxy) is 1. The van der Waals surface area contributed by atoms with Gasteiger partial charge >= 0.3 is 5.97 Å². The van der Waals surface area contributed by atoms with Crippen LogP contribution in [0.2, 0.25) is 0 Å². The van der Waals surface area contributed by atoms with Gasteiger partial charge < -0.3 is 4.74 Å². The monoisotopic (exact) mass is 306 g/mol. The molecule has 5 heteroatoms. The van der Waals surface area contributed by atoms with Gasteiger partial charge in [0.25, 0.3) is 0 Å². The van der Waals surface area contributed by atoms with E-state index in [4.69, 9.17) is 4.74 Å². The van der Waals surface area contributed by atoms with Crippen LogP contribution in [0.25, 0.3) is 0 Å². The lowest BCUT2D eigenvalue weighted by Gasteiger charge is -2.42. The molecule has 22 heavy (non-hydrogen) atoms. The number of fused-ring (bicyclic) bond motifs is 1. The van der Waals surface area contributed by atoms with E-state index in [2.05, 4.69) is 38.1 Å². The van der Waals surface area contributed by atoms with Crippen molar-refractivity contribution >= 4 is 11.7 Å². The zero-order valence-corrected chi connectivity index (χ0v) is 13.9. The van der Waals surface area contributed by atoms with Crippen LogP contribution in [0.3, 0.4) is 0 Å². The topological polar surface area (TPSA) is 51.0 Å². The van der Waals surface area contributed by atoms with Gasteiger partial charge in [-0.3, -0.25) is 0 Å². The molecule has 1 aliphatic rings. The second-order valence-corrected chi connectivity index (χ2v) is 7.08. The molecule has 0 saturated heterocycles. The molecule has 2 rings (SSSR count). The molecule has 4 nitrogen and oxygen atoms in total. The highest BCUT2D eigenvalue weighted by Gasteiger charge is 2.38. The highest BCUT2D eigenvalue weighted by molar-refractivity contribution is 5.95. The van der Waals surface area contributed by atoms with E-state index in [0.29, 0.717) is 0 Å². The quantitative estimate of drug-likeness (QED) is 0.570. The van der Waals surface area contributed by atoms with Crippen molar-refractivity contribution in [3.05, 3.63) is 28.8 Å². The zero-order chi connectivity index (χ0) is 16.5. The molecule has 0 amide bonds. The maximum absolute atomic E-state index is 12.4. The van der Waals surface area contributed by atoms with Crippen molar-refractivity contribution in [2.24, 2.45) is 10.5 Å². The predicted molar refractivity (Wildman–Crippen MR) is 83.3 cm³/mol. The number of rotatable bonds is 3. The Hall–Kier alpha value is -1.78. The van der Waals surface area contributed by atoms with Crippen molar-refractivity contribution in [2.45, 2.75) is 58.3 Å². The van der Waals surface area contributed by atoms with Crippen LogP contribution in [0.15, 0.2) is 22.6 Å². The Bertz CT molecular complexity index is 621. The minimum absolute atomic E-state index is 0.0430. The largest absolute Gasteiger partial charge is 0.462 e. The molecule has 120 valence electrons. The molecule has 0 N–H and O–H groups in total. The second-order valence-electron chi connectivity index (χ2n) is 7.08. The van der Waals surface area contributed by atoms with Crippen molar-refractivity contribution in [3.63, 3.8) is 0 Å². The average Bonchev–Trinajstić information content (AvgIpc) is 2.44. The third-order valence-corrected chi connectivity index (χ3v) is 4.61. The van der Waals surface area contributed by atoms with Gasteiger partial charge in [0.1, 0.15) is 5.69 Å². The zero-order valence-electron chi connectivity index (χ0n) is 13.9. The SMILES string of the molecule is CCOC(=O)c1cc2c(cc1N=NF)C(C)(C)CCC2(C)C. The van der Waals surface area contributed by atoms with Crippen molar-refractivity contribution < 1.29 is 14.0 Å². The summed E-state index contributed by atoms with van der Waals surface area (Å²) in [5.74, 6) is -0.494. The summed E-state index contributed by atoms with van der Waals surface area (Å²) in [5, 5.41) is 5.85. The number of hydrogen-bond acceptors (Lipinski definition) is 4. The van der Waals surface area contributed by atoms with Gasteiger partial charge in [0, 0.05) is 5.34 Å². The summed E-state index contributed by atoms with van der Waals surface area (Å²) in [6.45, 7) is 10.6. The molecule has 0 saturated carbocycles. The Kier molecular flexibility index (Phi) is 4.36. The summed E-state index contributed by atoms with van der Waals surface area (Å²) < 4.78 is 17.5. The van der Waals surface area contributed by atoms with Crippen LogP contribution in [0.1, 0.15) is 68.9 Å². The first-order chi connectivity index (χ1) is 10.2. The summed E-state index contributed by atoms with van der Waals surface area (Å²) in [7, 11) is 0. The Morgan fingerprint density at radius 2 is 1.73 bits per heavy atom. The molecule has 0 unspecified atom stereocenters. The highest BCUT2D eigenvalue weighted by Crippen LogP contribution is 2.47. The summed E-state index contributed by atoms with van der Waals surface area (Å²) >= 11 is 0. The lowest BCUT2D eigenvalue weighted by molar-refractivity contribution is 0.0527. The molecule has 0 fully saturated rings. The third-order valence-electron chi connectivity index (χ3n) is 4.61. The van der Waals surface area contributed by atoms with E-state index < -0.39 is 5.97 Å². The van der Waals surface area contributed by atoms with Gasteiger partial charge in [-0.2, -0.15) is 0 Å². The first-order valence-corrected chi connectivity index (χ1v) is 7.61. The maximum Gasteiger partial charge on any atom is 0.340 e. The Labute approximate surface area is 130 Å². The fourth-order valence-electron chi connectivity index (χ4n) is 3.10. The summed E-state index contributed by atoms with van der Waals surface area (Å²) in [6, 6.07) is 3.59. The fourth-order valence-corrected chi connectivity index (χ4v) is 3.10. The van der Waals surface area contributed by atoms with Crippen molar-refractivity contribution in [1.82, 2.24) is 0 Å². The van der Waals surface area contributed by atoms with E-state index in [9.17, 15) is 9.28 Å². The maximum atomic E-state index is 12.4. The smallest absolute Gasteiger partial charge is 0.340 e. The van der Waals surface area contributed by atoms with Crippen LogP contribution in [0, 0.1) is 0 Å². The minimum Gasteiger partial charge on any atom is -0.462 e. The molecule has 0 aromatic heterocycles. The first kappa shape index (κ1) is 16.6. The fraction of sp³-hybridized carbons (Fsp3) is 0.588. The van der Waals surface area contributed by atoms with Crippen LogP contribution in [-0.4, -0.2) is 12.6 Å². The molecule has 1 aromatic rings. The number of carbonyl (C=O) groups is 1. The van der Waals surface area contributed by atoms with E-state index in [0.717, 1.165) is 24.0 Å². The molecule has 1 aromatic carbocycles. The van der Waals surface area contributed by atoms with E-state index in [1.165, 1.54) is 0 Å². The van der Waals surface area contributed by atoms with Gasteiger partial charge in [-0.15, -0.1) is 5.11 Å². The first-order valence-electron chi connectivity index (χ1n) is 7.61. The molecule has 0 radical (unpaired) electrons. The lowest BCUT2D eigenvalue weighted by atomic mass is 9.63. The van der Waals surface area contributed by atoms with Gasteiger partial charge in [-0.1, -0.05) is 32.2 Å². The predicted octanol–water partition coefficient (Wildman–Crippen LogP) is 5.18. The van der Waals surface area contributed by atoms with Crippen molar-refractivity contribution in [2.75, 3.05) is 6.61 Å². The van der Waals surface area contributed by atoms with Crippen molar-refractivity contribution in [1.29, 1.82) is 0 Å². The number of nitrogens with zero attached hydrogens (tertiary/aromatic N) is 2. The number of esters is 1. The Morgan fingerprint density at radius 3 is 2.23 bits per heavy atom. The molecular weight excluding hydrogens is 283 g/mol. The number of benzene rings is 1. The summed E-state index contributed by atoms with van der Waals surface area (Å²) in [5.41, 5.74) is 2.61. The van der Waals surface area contributed by atoms with Gasteiger partial charge in [0.05, 0.1) is 12.2 Å².